The van der Waals surface area contributed by atoms with Crippen LogP contribution in [0, 0.1) is 0 Å². The van der Waals surface area contributed by atoms with Crippen LogP contribution in [0.15, 0.2) is 36.4 Å². The Morgan fingerprint density at radius 1 is 1.24 bits per heavy atom. The van der Waals surface area contributed by atoms with E-state index < -0.39 is 0 Å². The maximum atomic E-state index is 11.5. The highest BCUT2D eigenvalue weighted by Gasteiger charge is 2.07. The molecule has 0 radical (unpaired) electrons. The number of aryl methyl sites for hydroxylation is 1. The molecule has 0 saturated heterocycles. The van der Waals surface area contributed by atoms with Crippen molar-refractivity contribution in [3.63, 3.8) is 0 Å². The van der Waals surface area contributed by atoms with Crippen LogP contribution in [-0.2, 0) is 11.2 Å². The lowest BCUT2D eigenvalue weighted by molar-refractivity contribution is -0.129. The van der Waals surface area contributed by atoms with Crippen LogP contribution in [-0.4, -0.2) is 16.2 Å². The Morgan fingerprint density at radius 2 is 2.00 bits per heavy atom. The lowest BCUT2D eigenvalue weighted by Gasteiger charge is -2.01. The molecule has 0 bridgehead atoms. The summed E-state index contributed by atoms with van der Waals surface area (Å²) in [6.45, 7) is 4.09. The second-order valence-electron chi connectivity index (χ2n) is 4.51. The summed E-state index contributed by atoms with van der Waals surface area (Å²) in [5.41, 5.74) is 0.985. The van der Waals surface area contributed by atoms with Crippen molar-refractivity contribution < 1.29 is 9.53 Å². The summed E-state index contributed by atoms with van der Waals surface area (Å²) in [6, 6.07) is 7.33. The number of hydrogen-bond donors (Lipinski definition) is 0. The minimum absolute atomic E-state index is 0.356. The molecule has 0 amide bonds. The van der Waals surface area contributed by atoms with Crippen LogP contribution >= 0.6 is 11.3 Å². The van der Waals surface area contributed by atoms with Crippen molar-refractivity contribution >= 4 is 17.3 Å². The molecule has 4 nitrogen and oxygen atoms in total. The first-order valence-electron chi connectivity index (χ1n) is 7.04. The molecule has 0 aliphatic heterocycles. The van der Waals surface area contributed by atoms with Gasteiger partial charge >= 0.3 is 5.97 Å². The minimum atomic E-state index is -0.356. The molecule has 0 aliphatic carbocycles. The predicted molar refractivity (Wildman–Crippen MR) is 84.4 cm³/mol. The van der Waals surface area contributed by atoms with Gasteiger partial charge in [0.25, 0.3) is 0 Å². The molecular formula is C16H18N2O2S. The van der Waals surface area contributed by atoms with Crippen molar-refractivity contribution in [1.29, 1.82) is 0 Å². The van der Waals surface area contributed by atoms with E-state index in [-0.39, 0.29) is 5.97 Å². The van der Waals surface area contributed by atoms with Crippen molar-refractivity contribution in [3.05, 3.63) is 41.4 Å². The van der Waals surface area contributed by atoms with Crippen molar-refractivity contribution in [2.75, 3.05) is 0 Å². The summed E-state index contributed by atoms with van der Waals surface area (Å²) in [4.78, 5) is 11.5. The number of hydrogen-bond acceptors (Lipinski definition) is 5. The zero-order chi connectivity index (χ0) is 15.1. The average Bonchev–Trinajstić information content (AvgIpc) is 2.95. The first-order chi connectivity index (χ1) is 10.2. The Labute approximate surface area is 128 Å². The van der Waals surface area contributed by atoms with E-state index in [1.807, 2.05) is 19.1 Å². The van der Waals surface area contributed by atoms with E-state index >= 15 is 0 Å². The summed E-state index contributed by atoms with van der Waals surface area (Å²) in [6.07, 6.45) is 6.04. The van der Waals surface area contributed by atoms with Crippen LogP contribution in [0.1, 0.15) is 31.7 Å². The highest BCUT2D eigenvalue weighted by atomic mass is 32.1. The first-order valence-corrected chi connectivity index (χ1v) is 7.85. The summed E-state index contributed by atoms with van der Waals surface area (Å²) in [5, 5.41) is 10.3. The third-order valence-corrected chi connectivity index (χ3v) is 3.77. The van der Waals surface area contributed by atoms with Gasteiger partial charge in [0.2, 0.25) is 0 Å². The highest BCUT2D eigenvalue weighted by Crippen LogP contribution is 2.26. The van der Waals surface area contributed by atoms with Crippen LogP contribution in [0.4, 0.5) is 0 Å². The summed E-state index contributed by atoms with van der Waals surface area (Å²) < 4.78 is 5.19. The third-order valence-electron chi connectivity index (χ3n) is 2.74. The topological polar surface area (TPSA) is 52.1 Å². The van der Waals surface area contributed by atoms with Gasteiger partial charge in [-0.1, -0.05) is 31.3 Å². The first kappa shape index (κ1) is 15.4. The molecule has 0 saturated carbocycles. The molecule has 110 valence electrons. The van der Waals surface area contributed by atoms with Crippen molar-refractivity contribution in [2.45, 2.75) is 33.1 Å². The molecule has 5 heteroatoms. The fourth-order valence-electron chi connectivity index (χ4n) is 1.71. The average molecular weight is 302 g/mol. The second kappa shape index (κ2) is 7.69. The molecule has 0 N–H and O–H groups in total. The molecule has 2 aromatic rings. The zero-order valence-corrected chi connectivity index (χ0v) is 13.0. The van der Waals surface area contributed by atoms with E-state index in [4.69, 9.17) is 4.74 Å². The number of ether oxygens (including phenoxy) is 1. The molecule has 0 unspecified atom stereocenters. The molecular weight excluding hydrogens is 284 g/mol. The molecule has 1 aromatic heterocycles. The van der Waals surface area contributed by atoms with Crippen LogP contribution in [0.3, 0.4) is 0 Å². The Hall–Kier alpha value is -2.01. The normalized spacial score (nSPS) is 11.0. The number of carbonyl (C=O) groups excluding carboxylic acids is 1. The molecule has 0 aliphatic rings. The van der Waals surface area contributed by atoms with Gasteiger partial charge < -0.3 is 4.74 Å². The van der Waals surface area contributed by atoms with Crippen molar-refractivity contribution in [2.24, 2.45) is 0 Å². The summed E-state index contributed by atoms with van der Waals surface area (Å²) >= 11 is 1.60. The number of aromatic nitrogens is 2. The van der Waals surface area contributed by atoms with E-state index in [9.17, 15) is 4.79 Å². The van der Waals surface area contributed by atoms with Crippen molar-refractivity contribution in [1.82, 2.24) is 10.2 Å². The van der Waals surface area contributed by atoms with Gasteiger partial charge in [-0.2, -0.15) is 0 Å². The number of allylic oxidation sites excluding steroid dienone is 1. The Kier molecular flexibility index (Phi) is 5.63. The molecule has 1 heterocycles. The van der Waals surface area contributed by atoms with Crippen LogP contribution in [0.5, 0.6) is 5.75 Å². The smallest absolute Gasteiger partial charge is 0.335 e. The monoisotopic (exact) mass is 302 g/mol. The standard InChI is InChI=1S/C16H18N2O2S/c1-3-5-7-15(19)20-13-10-8-12(9-11-13)16-18-17-14(21-16)6-4-2/h5,7-11H,3-4,6H2,1-2H3. The number of carbonyl (C=O) groups is 1. The van der Waals surface area contributed by atoms with Gasteiger partial charge in [-0.05, 0) is 37.1 Å². The zero-order valence-electron chi connectivity index (χ0n) is 12.2. The SMILES string of the molecule is CCC=CC(=O)Oc1ccc(-c2nnc(CCC)s2)cc1. The fourth-order valence-corrected chi connectivity index (χ4v) is 2.66. The molecule has 2 rings (SSSR count). The molecule has 0 spiro atoms. The second-order valence-corrected chi connectivity index (χ2v) is 5.57. The van der Waals surface area contributed by atoms with E-state index in [0.29, 0.717) is 5.75 Å². The van der Waals surface area contributed by atoms with Crippen LogP contribution in [0.25, 0.3) is 10.6 Å². The van der Waals surface area contributed by atoms with Gasteiger partial charge in [0.1, 0.15) is 15.8 Å². The molecule has 0 atom stereocenters. The van der Waals surface area contributed by atoms with E-state index in [0.717, 1.165) is 34.8 Å². The Bertz CT molecular complexity index is 617. The molecule has 1 aromatic carbocycles. The van der Waals surface area contributed by atoms with Gasteiger partial charge in [-0.3, -0.25) is 0 Å². The number of esters is 1. The highest BCUT2D eigenvalue weighted by molar-refractivity contribution is 7.14. The Morgan fingerprint density at radius 3 is 2.67 bits per heavy atom. The van der Waals surface area contributed by atoms with Gasteiger partial charge in [-0.25, -0.2) is 4.79 Å². The lowest BCUT2D eigenvalue weighted by Crippen LogP contribution is -2.03. The maximum Gasteiger partial charge on any atom is 0.335 e. The van der Waals surface area contributed by atoms with Gasteiger partial charge in [-0.15, -0.1) is 10.2 Å². The van der Waals surface area contributed by atoms with Gasteiger partial charge in [0, 0.05) is 18.1 Å². The third kappa shape index (κ3) is 4.49. The van der Waals surface area contributed by atoms with E-state index in [2.05, 4.69) is 17.1 Å². The fraction of sp³-hybridized carbons (Fsp3) is 0.312. The van der Waals surface area contributed by atoms with Crippen LogP contribution in [0.2, 0.25) is 0 Å². The largest absolute Gasteiger partial charge is 0.423 e. The maximum absolute atomic E-state index is 11.5. The number of nitrogens with zero attached hydrogens (tertiary/aromatic N) is 2. The van der Waals surface area contributed by atoms with E-state index in [1.165, 1.54) is 6.08 Å². The number of rotatable bonds is 6. The molecule has 0 fully saturated rings. The van der Waals surface area contributed by atoms with Gasteiger partial charge in [0.15, 0.2) is 0 Å². The quantitative estimate of drug-likeness (QED) is 0.459. The summed E-state index contributed by atoms with van der Waals surface area (Å²) in [5.74, 6) is 0.175. The van der Waals surface area contributed by atoms with Crippen LogP contribution < -0.4 is 4.74 Å². The lowest BCUT2D eigenvalue weighted by atomic mass is 10.2. The van der Waals surface area contributed by atoms with Gasteiger partial charge in [0.05, 0.1) is 0 Å². The number of benzene rings is 1. The minimum Gasteiger partial charge on any atom is -0.423 e. The van der Waals surface area contributed by atoms with Crippen molar-refractivity contribution in [3.8, 4) is 16.3 Å². The molecule has 21 heavy (non-hydrogen) atoms. The van der Waals surface area contributed by atoms with E-state index in [1.54, 1.807) is 29.5 Å². The predicted octanol–water partition coefficient (Wildman–Crippen LogP) is 4.03. The summed E-state index contributed by atoms with van der Waals surface area (Å²) in [7, 11) is 0. The Balaban J connectivity index is 2.04.